The van der Waals surface area contributed by atoms with E-state index in [1.165, 1.54) is 0 Å². The Morgan fingerprint density at radius 1 is 0.625 bits per heavy atom. The van der Waals surface area contributed by atoms with E-state index < -0.39 is 12.1 Å². The molecule has 150 valence electrons. The van der Waals surface area contributed by atoms with Gasteiger partial charge in [0.05, 0.1) is 8.22 Å². The van der Waals surface area contributed by atoms with Crippen LogP contribution in [0.5, 0.6) is 0 Å². The number of rotatable bonds is 1. The summed E-state index contributed by atoms with van der Waals surface area (Å²) < 4.78 is 57.8. The van der Waals surface area contributed by atoms with E-state index in [9.17, 15) is 0 Å². The standard InChI is InChI=1S/C30H17BrO/c31-30-23-11-5-3-9-21(23)29(22-10-4-6-12-24(22)30)20-13-14-27-25(16-20)26-15-18-7-1-2-8-19(18)17-28(26)32-27/h1-17H/i1D,2D,7D,8D,15D,17D. The molecule has 0 aliphatic heterocycles. The lowest BCUT2D eigenvalue weighted by Gasteiger charge is -2.14. The molecule has 0 atom stereocenters. The maximum Gasteiger partial charge on any atom is 0.136 e. The van der Waals surface area contributed by atoms with E-state index in [2.05, 4.69) is 40.2 Å². The molecule has 7 aromatic rings. The Labute approximate surface area is 201 Å². The second-order valence-electron chi connectivity index (χ2n) is 7.80. The van der Waals surface area contributed by atoms with Crippen molar-refractivity contribution in [2.24, 2.45) is 0 Å². The first-order valence-corrected chi connectivity index (χ1v) is 11.0. The van der Waals surface area contributed by atoms with Crippen molar-refractivity contribution in [3.63, 3.8) is 0 Å². The first kappa shape index (κ1) is 13.0. The van der Waals surface area contributed by atoms with Crippen LogP contribution in [0.4, 0.5) is 0 Å². The van der Waals surface area contributed by atoms with Gasteiger partial charge in [0.2, 0.25) is 0 Å². The Bertz CT molecular complexity index is 2110. The molecule has 1 heterocycles. The number of benzene rings is 6. The maximum absolute atomic E-state index is 9.00. The molecular formula is C30H17BrO. The van der Waals surface area contributed by atoms with E-state index in [1.807, 2.05) is 42.5 Å². The SMILES string of the molecule is [2H]c1c([2H])c([2H])c2c([2H])c3c(oc4ccc(-c5c6ccccc6c(Br)c6ccccc56)cc43)c([2H])c2c1[2H]. The van der Waals surface area contributed by atoms with Gasteiger partial charge < -0.3 is 4.42 Å². The summed E-state index contributed by atoms with van der Waals surface area (Å²) in [5.41, 5.74) is 2.59. The van der Waals surface area contributed by atoms with Gasteiger partial charge >= 0.3 is 0 Å². The summed E-state index contributed by atoms with van der Waals surface area (Å²) in [7, 11) is 0. The smallest absolute Gasteiger partial charge is 0.136 e. The molecule has 0 spiro atoms. The quantitative estimate of drug-likeness (QED) is 0.214. The number of hydrogen-bond acceptors (Lipinski definition) is 1. The van der Waals surface area contributed by atoms with Crippen molar-refractivity contribution in [1.29, 1.82) is 0 Å². The van der Waals surface area contributed by atoms with Crippen molar-refractivity contribution >= 4 is 70.2 Å². The van der Waals surface area contributed by atoms with Crippen LogP contribution in [-0.2, 0) is 0 Å². The van der Waals surface area contributed by atoms with Crippen LogP contribution < -0.4 is 0 Å². The highest BCUT2D eigenvalue weighted by atomic mass is 79.9. The molecule has 1 aromatic heterocycles. The van der Waals surface area contributed by atoms with Gasteiger partial charge in [-0.15, -0.1) is 0 Å². The van der Waals surface area contributed by atoms with Crippen molar-refractivity contribution in [2.75, 3.05) is 0 Å². The average Bonchev–Trinajstić information content (AvgIpc) is 3.32. The van der Waals surface area contributed by atoms with Crippen LogP contribution in [0, 0.1) is 0 Å². The van der Waals surface area contributed by atoms with Crippen molar-refractivity contribution in [3.8, 4) is 11.1 Å². The van der Waals surface area contributed by atoms with Gasteiger partial charge in [0, 0.05) is 15.2 Å². The topological polar surface area (TPSA) is 13.1 Å². The minimum Gasteiger partial charge on any atom is -0.456 e. The van der Waals surface area contributed by atoms with Crippen LogP contribution in [-0.4, -0.2) is 0 Å². The number of fused-ring (bicyclic) bond motifs is 6. The Kier molecular flexibility index (Phi) is 2.73. The zero-order chi connectivity index (χ0) is 26.5. The molecular weight excluding hydrogens is 456 g/mol. The van der Waals surface area contributed by atoms with Crippen LogP contribution in [0.2, 0.25) is 0 Å². The maximum atomic E-state index is 9.00. The molecule has 0 aliphatic carbocycles. The minimum atomic E-state index is -0.429. The van der Waals surface area contributed by atoms with Crippen molar-refractivity contribution < 1.29 is 12.6 Å². The zero-order valence-corrected chi connectivity index (χ0v) is 18.2. The summed E-state index contributed by atoms with van der Waals surface area (Å²) in [4.78, 5) is 0. The molecule has 32 heavy (non-hydrogen) atoms. The predicted molar refractivity (Wildman–Crippen MR) is 139 cm³/mol. The normalized spacial score (nSPS) is 14.5. The molecule has 0 fully saturated rings. The minimum absolute atomic E-state index is 0.00215. The Morgan fingerprint density at radius 3 is 1.94 bits per heavy atom. The molecule has 2 heteroatoms. The Balaban J connectivity index is 1.65. The monoisotopic (exact) mass is 478 g/mol. The van der Waals surface area contributed by atoms with Gasteiger partial charge in [-0.1, -0.05) is 78.8 Å². The molecule has 0 aliphatic rings. The highest BCUT2D eigenvalue weighted by Gasteiger charge is 2.15. The summed E-state index contributed by atoms with van der Waals surface area (Å²) >= 11 is 3.80. The van der Waals surface area contributed by atoms with E-state index in [0.29, 0.717) is 16.4 Å². The van der Waals surface area contributed by atoms with Crippen molar-refractivity contribution in [3.05, 3.63) is 107 Å². The van der Waals surface area contributed by atoms with Gasteiger partial charge in [0.25, 0.3) is 0 Å². The third-order valence-electron chi connectivity index (χ3n) is 6.02. The van der Waals surface area contributed by atoms with Crippen LogP contribution >= 0.6 is 15.9 Å². The highest BCUT2D eigenvalue weighted by Crippen LogP contribution is 2.43. The lowest BCUT2D eigenvalue weighted by atomic mass is 9.91. The number of furan rings is 1. The molecule has 0 radical (unpaired) electrons. The molecule has 0 amide bonds. The van der Waals surface area contributed by atoms with E-state index in [1.54, 1.807) is 0 Å². The number of halogens is 1. The second kappa shape index (κ2) is 6.69. The van der Waals surface area contributed by atoms with Gasteiger partial charge in [-0.3, -0.25) is 0 Å². The van der Waals surface area contributed by atoms with Crippen molar-refractivity contribution in [1.82, 2.24) is 0 Å². The van der Waals surface area contributed by atoms with Crippen LogP contribution in [0.1, 0.15) is 8.22 Å². The average molecular weight is 479 g/mol. The summed E-state index contributed by atoms with van der Waals surface area (Å²) in [5.74, 6) is 0. The van der Waals surface area contributed by atoms with Crippen LogP contribution in [0.25, 0.3) is 65.4 Å². The first-order chi connectivity index (χ1) is 18.3. The fourth-order valence-electron chi connectivity index (χ4n) is 4.59. The highest BCUT2D eigenvalue weighted by molar-refractivity contribution is 9.10. The molecule has 0 bridgehead atoms. The van der Waals surface area contributed by atoms with Crippen LogP contribution in [0.3, 0.4) is 0 Å². The molecule has 1 nitrogen and oxygen atoms in total. The lowest BCUT2D eigenvalue weighted by Crippen LogP contribution is -1.87. The summed E-state index contributed by atoms with van der Waals surface area (Å²) in [6.45, 7) is 0. The fraction of sp³-hybridized carbons (Fsp3) is 0. The third kappa shape index (κ3) is 2.50. The van der Waals surface area contributed by atoms with E-state index in [4.69, 9.17) is 12.6 Å². The molecule has 0 saturated heterocycles. The first-order valence-electron chi connectivity index (χ1n) is 13.2. The van der Waals surface area contributed by atoms with Gasteiger partial charge in [-0.05, 0) is 83.6 Å². The summed E-state index contributed by atoms with van der Waals surface area (Å²) in [5, 5.41) is 5.31. The zero-order valence-electron chi connectivity index (χ0n) is 22.6. The van der Waals surface area contributed by atoms with E-state index in [0.717, 1.165) is 37.1 Å². The second-order valence-corrected chi connectivity index (χ2v) is 8.59. The molecule has 0 unspecified atom stereocenters. The Hall–Kier alpha value is -3.62. The van der Waals surface area contributed by atoms with E-state index >= 15 is 0 Å². The van der Waals surface area contributed by atoms with Gasteiger partial charge in [-0.25, -0.2) is 0 Å². The van der Waals surface area contributed by atoms with Gasteiger partial charge in [0.15, 0.2) is 0 Å². The third-order valence-corrected chi connectivity index (χ3v) is 6.87. The van der Waals surface area contributed by atoms with Crippen molar-refractivity contribution in [2.45, 2.75) is 0 Å². The number of hydrogen-bond donors (Lipinski definition) is 0. The molecule has 7 rings (SSSR count). The molecule has 0 N–H and O–H groups in total. The van der Waals surface area contributed by atoms with Gasteiger partial charge in [0.1, 0.15) is 11.2 Å². The largest absolute Gasteiger partial charge is 0.456 e. The van der Waals surface area contributed by atoms with E-state index in [-0.39, 0.29) is 40.5 Å². The van der Waals surface area contributed by atoms with Gasteiger partial charge in [-0.2, -0.15) is 0 Å². The predicted octanol–water partition coefficient (Wildman–Crippen LogP) is 9.48. The van der Waals surface area contributed by atoms with Crippen LogP contribution in [0.15, 0.2) is 112 Å². The summed E-state index contributed by atoms with van der Waals surface area (Å²) in [6.07, 6.45) is 0. The fourth-order valence-corrected chi connectivity index (χ4v) is 5.28. The Morgan fingerprint density at radius 2 is 1.25 bits per heavy atom. The molecule has 6 aromatic carbocycles. The lowest BCUT2D eigenvalue weighted by molar-refractivity contribution is 0.669. The molecule has 0 saturated carbocycles. The summed E-state index contributed by atoms with van der Waals surface area (Å²) in [6, 6.07) is 20.4.